The van der Waals surface area contributed by atoms with Crippen LogP contribution in [0.25, 0.3) is 0 Å². The summed E-state index contributed by atoms with van der Waals surface area (Å²) < 4.78 is 10.7. The highest BCUT2D eigenvalue weighted by Crippen LogP contribution is 2.31. The lowest BCUT2D eigenvalue weighted by molar-refractivity contribution is -0.122. The molecular formula is C18H27NO3. The third kappa shape index (κ3) is 4.15. The molecule has 122 valence electrons. The Bertz CT molecular complexity index is 501. The molecule has 1 aliphatic carbocycles. The molecule has 0 aromatic heterocycles. The second kappa shape index (κ2) is 8.06. The molecule has 1 aromatic rings. The SMILES string of the molecule is COc1cccc(CCC(=O)N[C@@H]2CCCC[C@@H]2C)c1OC. The van der Waals surface area contributed by atoms with Crippen LogP contribution in [0.3, 0.4) is 0 Å². The lowest BCUT2D eigenvalue weighted by atomic mass is 9.86. The molecule has 0 radical (unpaired) electrons. The van der Waals surface area contributed by atoms with Gasteiger partial charge in [0.25, 0.3) is 0 Å². The molecule has 22 heavy (non-hydrogen) atoms. The van der Waals surface area contributed by atoms with Crippen LogP contribution in [0.4, 0.5) is 0 Å². The number of aryl methyl sites for hydroxylation is 1. The lowest BCUT2D eigenvalue weighted by Crippen LogP contribution is -2.41. The molecule has 1 N–H and O–H groups in total. The highest BCUT2D eigenvalue weighted by molar-refractivity contribution is 5.76. The smallest absolute Gasteiger partial charge is 0.220 e. The number of rotatable bonds is 6. The summed E-state index contributed by atoms with van der Waals surface area (Å²) in [6.45, 7) is 2.23. The van der Waals surface area contributed by atoms with Crippen LogP contribution in [-0.2, 0) is 11.2 Å². The van der Waals surface area contributed by atoms with E-state index in [1.165, 1.54) is 19.3 Å². The number of ether oxygens (including phenoxy) is 2. The first kappa shape index (κ1) is 16.7. The molecule has 0 bridgehead atoms. The number of methoxy groups -OCH3 is 2. The number of carbonyl (C=O) groups excluding carboxylic acids is 1. The van der Waals surface area contributed by atoms with Gasteiger partial charge in [0.05, 0.1) is 14.2 Å². The Morgan fingerprint density at radius 1 is 1.23 bits per heavy atom. The standard InChI is InChI=1S/C18H27NO3/c1-13-7-4-5-9-15(13)19-17(20)12-11-14-8-6-10-16(21-2)18(14)22-3/h6,8,10,13,15H,4-5,7,9,11-12H2,1-3H3,(H,19,20)/t13-,15+/m0/s1. The van der Waals surface area contributed by atoms with Gasteiger partial charge in [-0.15, -0.1) is 0 Å². The van der Waals surface area contributed by atoms with Gasteiger partial charge in [0, 0.05) is 12.5 Å². The van der Waals surface area contributed by atoms with E-state index in [0.717, 1.165) is 17.7 Å². The van der Waals surface area contributed by atoms with Crippen LogP contribution in [0.5, 0.6) is 11.5 Å². The molecule has 0 unspecified atom stereocenters. The fraction of sp³-hybridized carbons (Fsp3) is 0.611. The molecule has 1 amide bonds. The van der Waals surface area contributed by atoms with Crippen LogP contribution in [0.15, 0.2) is 18.2 Å². The highest BCUT2D eigenvalue weighted by atomic mass is 16.5. The molecule has 0 heterocycles. The zero-order chi connectivity index (χ0) is 15.9. The van der Waals surface area contributed by atoms with Gasteiger partial charge in [0.1, 0.15) is 0 Å². The average Bonchev–Trinajstić information content (AvgIpc) is 2.54. The molecule has 4 heteroatoms. The molecule has 1 saturated carbocycles. The number of benzene rings is 1. The summed E-state index contributed by atoms with van der Waals surface area (Å²) in [5, 5.41) is 3.19. The highest BCUT2D eigenvalue weighted by Gasteiger charge is 2.22. The van der Waals surface area contributed by atoms with Crippen molar-refractivity contribution >= 4 is 5.91 Å². The number of para-hydroxylation sites is 1. The van der Waals surface area contributed by atoms with Crippen molar-refractivity contribution in [2.45, 2.75) is 51.5 Å². The minimum atomic E-state index is 0.128. The van der Waals surface area contributed by atoms with Crippen LogP contribution in [0, 0.1) is 5.92 Å². The van der Waals surface area contributed by atoms with E-state index in [0.29, 0.717) is 30.6 Å². The van der Waals surface area contributed by atoms with Gasteiger partial charge in [-0.25, -0.2) is 0 Å². The molecule has 4 nitrogen and oxygen atoms in total. The molecule has 2 atom stereocenters. The van der Waals surface area contributed by atoms with Gasteiger partial charge in [0.2, 0.25) is 5.91 Å². The van der Waals surface area contributed by atoms with Crippen LogP contribution in [0.2, 0.25) is 0 Å². The van der Waals surface area contributed by atoms with Gasteiger partial charge < -0.3 is 14.8 Å². The van der Waals surface area contributed by atoms with Crippen molar-refractivity contribution in [1.82, 2.24) is 5.32 Å². The predicted octanol–water partition coefficient (Wildman–Crippen LogP) is 3.33. The number of amides is 1. The summed E-state index contributed by atoms with van der Waals surface area (Å²) in [7, 11) is 3.25. The summed E-state index contributed by atoms with van der Waals surface area (Å²) in [5.41, 5.74) is 1.01. The number of carbonyl (C=O) groups is 1. The first-order valence-electron chi connectivity index (χ1n) is 8.15. The van der Waals surface area contributed by atoms with Crippen molar-refractivity contribution in [3.05, 3.63) is 23.8 Å². The van der Waals surface area contributed by atoms with E-state index in [-0.39, 0.29) is 5.91 Å². The lowest BCUT2D eigenvalue weighted by Gasteiger charge is -2.29. The molecule has 0 aliphatic heterocycles. The summed E-state index contributed by atoms with van der Waals surface area (Å²) in [4.78, 5) is 12.2. The van der Waals surface area contributed by atoms with Gasteiger partial charge in [-0.1, -0.05) is 31.9 Å². The topological polar surface area (TPSA) is 47.6 Å². The monoisotopic (exact) mass is 305 g/mol. The second-order valence-corrected chi connectivity index (χ2v) is 6.09. The number of hydrogen-bond acceptors (Lipinski definition) is 3. The molecule has 0 saturated heterocycles. The van der Waals surface area contributed by atoms with E-state index < -0.39 is 0 Å². The Kier molecular flexibility index (Phi) is 6.10. The van der Waals surface area contributed by atoms with Crippen molar-refractivity contribution in [3.8, 4) is 11.5 Å². The zero-order valence-electron chi connectivity index (χ0n) is 13.9. The molecule has 0 spiro atoms. The maximum Gasteiger partial charge on any atom is 0.220 e. The Morgan fingerprint density at radius 2 is 2.00 bits per heavy atom. The van der Waals surface area contributed by atoms with E-state index in [1.54, 1.807) is 14.2 Å². The third-order valence-electron chi connectivity index (χ3n) is 4.56. The van der Waals surface area contributed by atoms with Crippen LogP contribution >= 0.6 is 0 Å². The van der Waals surface area contributed by atoms with Gasteiger partial charge >= 0.3 is 0 Å². The first-order valence-corrected chi connectivity index (χ1v) is 8.15. The molecule has 1 fully saturated rings. The van der Waals surface area contributed by atoms with Crippen molar-refractivity contribution < 1.29 is 14.3 Å². The van der Waals surface area contributed by atoms with Gasteiger partial charge in [-0.05, 0) is 36.8 Å². The maximum atomic E-state index is 12.2. The Morgan fingerprint density at radius 3 is 2.68 bits per heavy atom. The Hall–Kier alpha value is -1.71. The van der Waals surface area contributed by atoms with E-state index in [9.17, 15) is 4.79 Å². The summed E-state index contributed by atoms with van der Waals surface area (Å²) in [5.74, 6) is 2.15. The molecule has 1 aliphatic rings. The predicted molar refractivity (Wildman–Crippen MR) is 87.4 cm³/mol. The minimum Gasteiger partial charge on any atom is -0.493 e. The van der Waals surface area contributed by atoms with Crippen molar-refractivity contribution in [2.24, 2.45) is 5.92 Å². The van der Waals surface area contributed by atoms with E-state index in [4.69, 9.17) is 9.47 Å². The van der Waals surface area contributed by atoms with Gasteiger partial charge in [-0.2, -0.15) is 0 Å². The van der Waals surface area contributed by atoms with Crippen molar-refractivity contribution in [3.63, 3.8) is 0 Å². The van der Waals surface area contributed by atoms with Crippen molar-refractivity contribution in [1.29, 1.82) is 0 Å². The van der Waals surface area contributed by atoms with E-state index >= 15 is 0 Å². The third-order valence-corrected chi connectivity index (χ3v) is 4.56. The fourth-order valence-electron chi connectivity index (χ4n) is 3.21. The Labute approximate surface area is 133 Å². The van der Waals surface area contributed by atoms with Crippen LogP contribution < -0.4 is 14.8 Å². The van der Waals surface area contributed by atoms with Crippen LogP contribution in [0.1, 0.15) is 44.6 Å². The Balaban J connectivity index is 1.91. The summed E-state index contributed by atoms with van der Waals surface area (Å²) in [6.07, 6.45) is 5.97. The maximum absolute atomic E-state index is 12.2. The van der Waals surface area contributed by atoms with Gasteiger partial charge in [0.15, 0.2) is 11.5 Å². The summed E-state index contributed by atoms with van der Waals surface area (Å²) >= 11 is 0. The number of nitrogens with one attached hydrogen (secondary N) is 1. The fourth-order valence-corrected chi connectivity index (χ4v) is 3.21. The first-order chi connectivity index (χ1) is 10.7. The quantitative estimate of drug-likeness (QED) is 0.877. The van der Waals surface area contributed by atoms with E-state index in [2.05, 4.69) is 12.2 Å². The van der Waals surface area contributed by atoms with E-state index in [1.807, 2.05) is 18.2 Å². The summed E-state index contributed by atoms with van der Waals surface area (Å²) in [6, 6.07) is 6.12. The molecule has 1 aromatic carbocycles. The molecular weight excluding hydrogens is 278 g/mol. The largest absolute Gasteiger partial charge is 0.493 e. The average molecular weight is 305 g/mol. The van der Waals surface area contributed by atoms with Crippen molar-refractivity contribution in [2.75, 3.05) is 14.2 Å². The molecule has 2 rings (SSSR count). The van der Waals surface area contributed by atoms with Gasteiger partial charge in [-0.3, -0.25) is 4.79 Å². The number of hydrogen-bond donors (Lipinski definition) is 1. The zero-order valence-corrected chi connectivity index (χ0v) is 13.9. The van der Waals surface area contributed by atoms with Crippen LogP contribution in [-0.4, -0.2) is 26.2 Å². The second-order valence-electron chi connectivity index (χ2n) is 6.09. The normalized spacial score (nSPS) is 21.2. The minimum absolute atomic E-state index is 0.128.